The molecule has 0 aliphatic rings. The lowest BCUT2D eigenvalue weighted by Crippen LogP contribution is -2.30. The Morgan fingerprint density at radius 1 is 1.40 bits per heavy atom. The first-order chi connectivity index (χ1) is 7.09. The molecule has 0 aliphatic heterocycles. The van der Waals surface area contributed by atoms with Crippen LogP contribution in [0, 0.1) is 0 Å². The first-order valence-corrected chi connectivity index (χ1v) is 4.97. The minimum atomic E-state index is -0.387. The van der Waals surface area contributed by atoms with Gasteiger partial charge in [0.1, 0.15) is 11.9 Å². The predicted molar refractivity (Wildman–Crippen MR) is 58.5 cm³/mol. The zero-order valence-electron chi connectivity index (χ0n) is 9.23. The molecule has 1 rings (SSSR count). The first-order valence-electron chi connectivity index (χ1n) is 4.97. The number of carbonyl (C=O) groups is 1. The monoisotopic (exact) mass is 208 g/mol. The zero-order chi connectivity index (χ0) is 11.3. The topological polar surface area (TPSA) is 51.2 Å². The Morgan fingerprint density at radius 2 is 2.13 bits per heavy atom. The van der Waals surface area contributed by atoms with E-state index in [0.717, 1.165) is 0 Å². The largest absolute Gasteiger partial charge is 0.461 e. The van der Waals surface area contributed by atoms with Crippen molar-refractivity contribution in [3.8, 4) is 0 Å². The summed E-state index contributed by atoms with van der Waals surface area (Å²) in [5.74, 6) is 0.404. The van der Waals surface area contributed by atoms with Crippen LogP contribution in [0.2, 0.25) is 0 Å². The van der Waals surface area contributed by atoms with Gasteiger partial charge < -0.3 is 10.1 Å². The number of hydrogen-bond acceptors (Lipinski definition) is 4. The number of nitrogens with zero attached hydrogens (tertiary/aromatic N) is 1. The molecule has 0 amide bonds. The average Bonchev–Trinajstić information content (AvgIpc) is 2.18. The molecule has 0 fully saturated rings. The van der Waals surface area contributed by atoms with Gasteiger partial charge in [-0.15, -0.1) is 0 Å². The van der Waals surface area contributed by atoms with E-state index >= 15 is 0 Å². The summed E-state index contributed by atoms with van der Waals surface area (Å²) >= 11 is 0. The van der Waals surface area contributed by atoms with Gasteiger partial charge in [-0.1, -0.05) is 6.07 Å². The molecule has 1 heterocycles. The number of anilines is 1. The average molecular weight is 208 g/mol. The third-order valence-corrected chi connectivity index (χ3v) is 1.73. The summed E-state index contributed by atoms with van der Waals surface area (Å²) in [6.07, 6.45) is 1.58. The number of rotatable bonds is 4. The number of hydrogen-bond donors (Lipinski definition) is 1. The summed E-state index contributed by atoms with van der Waals surface area (Å²) in [6.45, 7) is 5.40. The summed E-state index contributed by atoms with van der Waals surface area (Å²) in [7, 11) is 0. The molecule has 1 atom stereocenters. The number of ether oxygens (including phenoxy) is 1. The number of nitrogens with one attached hydrogen (secondary N) is 1. The van der Waals surface area contributed by atoms with Crippen molar-refractivity contribution in [2.45, 2.75) is 32.9 Å². The van der Waals surface area contributed by atoms with E-state index in [4.69, 9.17) is 4.74 Å². The molecule has 0 saturated heterocycles. The van der Waals surface area contributed by atoms with Crippen molar-refractivity contribution in [2.75, 3.05) is 5.32 Å². The molecule has 15 heavy (non-hydrogen) atoms. The number of esters is 1. The van der Waals surface area contributed by atoms with Crippen LogP contribution in [0.4, 0.5) is 5.82 Å². The molecule has 0 aliphatic carbocycles. The van der Waals surface area contributed by atoms with Crippen molar-refractivity contribution in [2.24, 2.45) is 0 Å². The van der Waals surface area contributed by atoms with E-state index in [2.05, 4.69) is 10.3 Å². The van der Waals surface area contributed by atoms with E-state index in [-0.39, 0.29) is 18.1 Å². The molecule has 0 aromatic carbocycles. The van der Waals surface area contributed by atoms with Gasteiger partial charge in [0.05, 0.1) is 6.10 Å². The lowest BCUT2D eigenvalue weighted by molar-refractivity contribution is -0.147. The Labute approximate surface area is 89.7 Å². The standard InChI is InChI=1S/C11H16N2O2/c1-8(2)15-11(14)9(3)13-10-6-4-5-7-12-10/h4-9H,1-3H3,(H,12,13)/t9-/m0/s1. The van der Waals surface area contributed by atoms with Crippen molar-refractivity contribution < 1.29 is 9.53 Å². The fourth-order valence-corrected chi connectivity index (χ4v) is 1.06. The highest BCUT2D eigenvalue weighted by atomic mass is 16.5. The van der Waals surface area contributed by atoms with Gasteiger partial charge in [-0.05, 0) is 32.9 Å². The second-order valence-electron chi connectivity index (χ2n) is 3.57. The van der Waals surface area contributed by atoms with Crippen molar-refractivity contribution in [1.82, 2.24) is 4.98 Å². The van der Waals surface area contributed by atoms with Crippen molar-refractivity contribution >= 4 is 11.8 Å². The number of pyridine rings is 1. The van der Waals surface area contributed by atoms with Gasteiger partial charge in [-0.2, -0.15) is 0 Å². The van der Waals surface area contributed by atoms with E-state index in [1.165, 1.54) is 0 Å². The van der Waals surface area contributed by atoms with Gasteiger partial charge in [0, 0.05) is 6.20 Å². The van der Waals surface area contributed by atoms with E-state index < -0.39 is 0 Å². The van der Waals surface area contributed by atoms with Gasteiger partial charge >= 0.3 is 5.97 Å². The van der Waals surface area contributed by atoms with Crippen LogP contribution >= 0.6 is 0 Å². The fourth-order valence-electron chi connectivity index (χ4n) is 1.06. The maximum Gasteiger partial charge on any atom is 0.328 e. The van der Waals surface area contributed by atoms with Crippen molar-refractivity contribution in [3.05, 3.63) is 24.4 Å². The highest BCUT2D eigenvalue weighted by molar-refractivity contribution is 5.78. The molecule has 0 spiro atoms. The second kappa shape index (κ2) is 5.34. The molecule has 0 saturated carbocycles. The van der Waals surface area contributed by atoms with Crippen LogP contribution in [0.1, 0.15) is 20.8 Å². The normalized spacial score (nSPS) is 12.3. The molecule has 0 radical (unpaired) electrons. The predicted octanol–water partition coefficient (Wildman–Crippen LogP) is 1.83. The molecule has 1 N–H and O–H groups in total. The van der Waals surface area contributed by atoms with Gasteiger partial charge in [-0.25, -0.2) is 9.78 Å². The summed E-state index contributed by atoms with van der Waals surface area (Å²) in [5, 5.41) is 2.96. The molecule has 0 unspecified atom stereocenters. The van der Waals surface area contributed by atoms with Gasteiger partial charge in [0.25, 0.3) is 0 Å². The lowest BCUT2D eigenvalue weighted by atomic mass is 10.3. The molecule has 1 aromatic rings. The Bertz CT molecular complexity index is 312. The van der Waals surface area contributed by atoms with Crippen LogP contribution in [0.15, 0.2) is 24.4 Å². The van der Waals surface area contributed by atoms with E-state index in [1.807, 2.05) is 26.0 Å². The zero-order valence-corrected chi connectivity index (χ0v) is 9.23. The van der Waals surface area contributed by atoms with Crippen LogP contribution in [-0.2, 0) is 9.53 Å². The molecule has 4 nitrogen and oxygen atoms in total. The van der Waals surface area contributed by atoms with Crippen LogP contribution in [0.5, 0.6) is 0 Å². The summed E-state index contributed by atoms with van der Waals surface area (Å²) < 4.78 is 5.05. The lowest BCUT2D eigenvalue weighted by Gasteiger charge is -2.15. The summed E-state index contributed by atoms with van der Waals surface area (Å²) in [6, 6.07) is 5.10. The Morgan fingerprint density at radius 3 is 2.67 bits per heavy atom. The third kappa shape index (κ3) is 3.97. The Hall–Kier alpha value is -1.58. The molecule has 0 bridgehead atoms. The maximum absolute atomic E-state index is 11.4. The first kappa shape index (κ1) is 11.5. The third-order valence-electron chi connectivity index (χ3n) is 1.73. The highest BCUT2D eigenvalue weighted by Crippen LogP contribution is 2.04. The summed E-state index contributed by atoms with van der Waals surface area (Å²) in [4.78, 5) is 15.5. The number of aromatic nitrogens is 1. The smallest absolute Gasteiger partial charge is 0.328 e. The Balaban J connectivity index is 2.49. The van der Waals surface area contributed by atoms with Gasteiger partial charge in [0.2, 0.25) is 0 Å². The van der Waals surface area contributed by atoms with E-state index in [1.54, 1.807) is 19.2 Å². The van der Waals surface area contributed by atoms with Crippen molar-refractivity contribution in [1.29, 1.82) is 0 Å². The van der Waals surface area contributed by atoms with Crippen LogP contribution in [0.25, 0.3) is 0 Å². The van der Waals surface area contributed by atoms with Gasteiger partial charge in [0.15, 0.2) is 0 Å². The fraction of sp³-hybridized carbons (Fsp3) is 0.455. The summed E-state index contributed by atoms with van der Waals surface area (Å²) in [5.41, 5.74) is 0. The Kier molecular flexibility index (Phi) is 4.09. The molecule has 82 valence electrons. The minimum absolute atomic E-state index is 0.0921. The molecule has 1 aromatic heterocycles. The molecular formula is C11H16N2O2. The van der Waals surface area contributed by atoms with E-state index in [0.29, 0.717) is 5.82 Å². The van der Waals surface area contributed by atoms with Crippen LogP contribution in [0.3, 0.4) is 0 Å². The van der Waals surface area contributed by atoms with Gasteiger partial charge in [-0.3, -0.25) is 0 Å². The van der Waals surface area contributed by atoms with Crippen LogP contribution < -0.4 is 5.32 Å². The second-order valence-corrected chi connectivity index (χ2v) is 3.57. The van der Waals surface area contributed by atoms with Crippen molar-refractivity contribution in [3.63, 3.8) is 0 Å². The van der Waals surface area contributed by atoms with Crippen LogP contribution in [-0.4, -0.2) is 23.1 Å². The molecular weight excluding hydrogens is 192 g/mol. The quantitative estimate of drug-likeness (QED) is 0.767. The minimum Gasteiger partial charge on any atom is -0.461 e. The molecule has 4 heteroatoms. The highest BCUT2D eigenvalue weighted by Gasteiger charge is 2.15. The number of carbonyl (C=O) groups excluding carboxylic acids is 1. The maximum atomic E-state index is 11.4. The van der Waals surface area contributed by atoms with E-state index in [9.17, 15) is 4.79 Å². The SMILES string of the molecule is CC(C)OC(=O)[C@H](C)Nc1ccccn1.